The lowest BCUT2D eigenvalue weighted by Crippen LogP contribution is -2.34. The van der Waals surface area contributed by atoms with Gasteiger partial charge in [-0.3, -0.25) is 9.69 Å². The lowest BCUT2D eigenvalue weighted by Gasteiger charge is -2.29. The quantitative estimate of drug-likeness (QED) is 0.393. The third-order valence-corrected chi connectivity index (χ3v) is 5.73. The summed E-state index contributed by atoms with van der Waals surface area (Å²) < 4.78 is 7.14. The monoisotopic (exact) mass is 436 g/mol. The fourth-order valence-electron chi connectivity index (χ4n) is 4.05. The van der Waals surface area contributed by atoms with Gasteiger partial charge < -0.3 is 14.5 Å². The minimum Gasteiger partial charge on any atom is -0.467 e. The number of H-pyrrole nitrogens is 1. The van der Waals surface area contributed by atoms with Crippen LogP contribution in [-0.4, -0.2) is 48.3 Å². The summed E-state index contributed by atoms with van der Waals surface area (Å²) in [5.41, 5.74) is 2.54. The zero-order valence-corrected chi connectivity index (χ0v) is 18.4. The topological polar surface area (TPSA) is 113 Å². The maximum atomic E-state index is 12.8. The number of fused-ring (bicyclic) bond motifs is 1. The van der Waals surface area contributed by atoms with Crippen LogP contribution >= 0.6 is 0 Å². The smallest absolute Gasteiger partial charge is 0.252 e. The molecule has 1 atom stereocenters. The first-order chi connectivity index (χ1) is 15.6. The van der Waals surface area contributed by atoms with E-state index < -0.39 is 0 Å². The van der Waals surface area contributed by atoms with Crippen LogP contribution in [0.3, 0.4) is 0 Å². The number of pyridine rings is 1. The van der Waals surface area contributed by atoms with Crippen molar-refractivity contribution in [2.24, 2.45) is 0 Å². The highest BCUT2D eigenvalue weighted by atomic mass is 16.3. The normalized spacial score (nSPS) is 12.6. The summed E-state index contributed by atoms with van der Waals surface area (Å²) in [6.07, 6.45) is 3.26. The molecule has 3 aromatic heterocycles. The van der Waals surface area contributed by atoms with E-state index in [0.717, 1.165) is 23.1 Å². The van der Waals surface area contributed by atoms with Gasteiger partial charge in [0.05, 0.1) is 18.9 Å². The number of aliphatic hydroxyl groups excluding tert-OH is 1. The Morgan fingerprint density at radius 3 is 2.84 bits per heavy atom. The van der Waals surface area contributed by atoms with E-state index in [1.54, 1.807) is 10.9 Å². The molecule has 4 rings (SSSR count). The summed E-state index contributed by atoms with van der Waals surface area (Å²) in [4.78, 5) is 17.8. The summed E-state index contributed by atoms with van der Waals surface area (Å²) in [6.45, 7) is 5.28. The van der Waals surface area contributed by atoms with Gasteiger partial charge in [-0.1, -0.05) is 19.9 Å². The molecule has 2 N–H and O–H groups in total. The molecule has 0 aliphatic heterocycles. The van der Waals surface area contributed by atoms with Crippen molar-refractivity contribution in [3.05, 3.63) is 75.7 Å². The molecule has 9 nitrogen and oxygen atoms in total. The number of nitrogens with zero attached hydrogens (tertiary/aromatic N) is 5. The molecule has 0 bridgehead atoms. The molecule has 1 aromatic carbocycles. The number of aliphatic hydroxyl groups is 1. The van der Waals surface area contributed by atoms with Gasteiger partial charge in [-0.25, -0.2) is 4.68 Å². The summed E-state index contributed by atoms with van der Waals surface area (Å²) in [6, 6.07) is 11.5. The molecule has 0 aliphatic carbocycles. The number of hydrogen-bond donors (Lipinski definition) is 2. The molecular weight excluding hydrogens is 408 g/mol. The summed E-state index contributed by atoms with van der Waals surface area (Å²) in [5, 5.41) is 23.0. The Morgan fingerprint density at radius 2 is 2.12 bits per heavy atom. The van der Waals surface area contributed by atoms with Crippen LogP contribution in [0.5, 0.6) is 0 Å². The lowest BCUT2D eigenvalue weighted by atomic mass is 10.1. The molecule has 0 aliphatic rings. The van der Waals surface area contributed by atoms with Crippen LogP contribution in [0.25, 0.3) is 10.9 Å². The third kappa shape index (κ3) is 4.63. The van der Waals surface area contributed by atoms with E-state index in [2.05, 4.69) is 33.5 Å². The molecule has 32 heavy (non-hydrogen) atoms. The predicted octanol–water partition coefficient (Wildman–Crippen LogP) is 2.66. The predicted molar refractivity (Wildman–Crippen MR) is 120 cm³/mol. The molecular formula is C23H28N6O3. The second kappa shape index (κ2) is 9.88. The number of nitrogens with one attached hydrogen (secondary N) is 1. The van der Waals surface area contributed by atoms with Crippen molar-refractivity contribution >= 4 is 10.9 Å². The van der Waals surface area contributed by atoms with E-state index in [0.29, 0.717) is 37.4 Å². The number of hydrogen-bond acceptors (Lipinski definition) is 7. The molecule has 0 saturated heterocycles. The van der Waals surface area contributed by atoms with Gasteiger partial charge in [-0.15, -0.1) is 5.10 Å². The molecule has 3 heterocycles. The van der Waals surface area contributed by atoms with Crippen LogP contribution in [0.1, 0.15) is 49.0 Å². The zero-order chi connectivity index (χ0) is 22.5. The van der Waals surface area contributed by atoms with Crippen LogP contribution in [0.15, 0.2) is 51.9 Å². The first-order valence-corrected chi connectivity index (χ1v) is 10.9. The maximum absolute atomic E-state index is 12.8. The van der Waals surface area contributed by atoms with Crippen molar-refractivity contribution < 1.29 is 9.52 Å². The largest absolute Gasteiger partial charge is 0.467 e. The second-order valence-electron chi connectivity index (χ2n) is 7.79. The molecule has 4 aromatic rings. The van der Waals surface area contributed by atoms with Crippen molar-refractivity contribution in [3.63, 3.8) is 0 Å². The molecule has 0 unspecified atom stereocenters. The van der Waals surface area contributed by atoms with Crippen molar-refractivity contribution in [3.8, 4) is 0 Å². The van der Waals surface area contributed by atoms with E-state index in [4.69, 9.17) is 4.42 Å². The average molecular weight is 437 g/mol. The number of tetrazole rings is 1. The number of rotatable bonds is 10. The highest BCUT2D eigenvalue weighted by Gasteiger charge is 2.25. The standard InChI is InChI=1S/C23H28N6O3/c1-3-16-7-8-20-17(12-16)13-18(23(31)24-20)14-28(9-10-30)21(4-2)22-25-26-27-29(22)15-19-6-5-11-32-19/h5-8,11-13,21,30H,3-4,9-10,14-15H2,1-2H3,(H,24,31)/t21-/m1/s1. The van der Waals surface area contributed by atoms with Crippen molar-refractivity contribution in [2.45, 2.75) is 45.8 Å². The fraction of sp³-hybridized carbons (Fsp3) is 0.391. The van der Waals surface area contributed by atoms with Crippen molar-refractivity contribution in [1.82, 2.24) is 30.1 Å². The van der Waals surface area contributed by atoms with Crippen LogP contribution in [0.2, 0.25) is 0 Å². The van der Waals surface area contributed by atoms with Gasteiger partial charge in [-0.05, 0) is 64.5 Å². The van der Waals surface area contributed by atoms with Crippen LogP contribution in [-0.2, 0) is 19.5 Å². The van der Waals surface area contributed by atoms with Crippen LogP contribution in [0.4, 0.5) is 0 Å². The number of aromatic nitrogens is 5. The van der Waals surface area contributed by atoms with Gasteiger partial charge in [0, 0.05) is 24.2 Å². The van der Waals surface area contributed by atoms with Gasteiger partial charge in [0.15, 0.2) is 5.82 Å². The van der Waals surface area contributed by atoms with E-state index in [1.807, 2.05) is 42.2 Å². The maximum Gasteiger partial charge on any atom is 0.252 e. The SMILES string of the molecule is CCc1ccc2[nH]c(=O)c(CN(CCO)[C@H](CC)c3nnnn3Cc3ccco3)cc2c1. The van der Waals surface area contributed by atoms with Gasteiger partial charge in [-0.2, -0.15) is 0 Å². The highest BCUT2D eigenvalue weighted by Crippen LogP contribution is 2.24. The number of benzene rings is 1. The number of aromatic amines is 1. The van der Waals surface area contributed by atoms with E-state index in [9.17, 15) is 9.90 Å². The molecule has 0 spiro atoms. The summed E-state index contributed by atoms with van der Waals surface area (Å²) in [5.74, 6) is 1.42. The van der Waals surface area contributed by atoms with Gasteiger partial charge >= 0.3 is 0 Å². The minimum atomic E-state index is -0.177. The minimum absolute atomic E-state index is 0.0400. The van der Waals surface area contributed by atoms with E-state index in [1.165, 1.54) is 5.56 Å². The van der Waals surface area contributed by atoms with Crippen molar-refractivity contribution in [1.29, 1.82) is 0 Å². The number of furan rings is 1. The van der Waals surface area contributed by atoms with Crippen molar-refractivity contribution in [2.75, 3.05) is 13.2 Å². The Bertz CT molecular complexity index is 1210. The Labute approximate surface area is 185 Å². The molecule has 0 amide bonds. The van der Waals surface area contributed by atoms with Gasteiger partial charge in [0.25, 0.3) is 5.56 Å². The molecule has 168 valence electrons. The molecule has 0 saturated carbocycles. The van der Waals surface area contributed by atoms with Gasteiger partial charge in [0.1, 0.15) is 12.3 Å². The Balaban J connectivity index is 1.65. The second-order valence-corrected chi connectivity index (χ2v) is 7.79. The average Bonchev–Trinajstić information content (AvgIpc) is 3.47. The third-order valence-electron chi connectivity index (χ3n) is 5.73. The zero-order valence-electron chi connectivity index (χ0n) is 18.4. The van der Waals surface area contributed by atoms with Crippen LogP contribution < -0.4 is 5.56 Å². The molecule has 0 fully saturated rings. The number of aryl methyl sites for hydroxylation is 1. The first-order valence-electron chi connectivity index (χ1n) is 10.9. The van der Waals surface area contributed by atoms with E-state index >= 15 is 0 Å². The Kier molecular flexibility index (Phi) is 6.77. The molecule has 0 radical (unpaired) electrons. The van der Waals surface area contributed by atoms with Gasteiger partial charge in [0.2, 0.25) is 0 Å². The molecule has 9 heteroatoms. The lowest BCUT2D eigenvalue weighted by molar-refractivity contribution is 0.131. The Morgan fingerprint density at radius 1 is 1.25 bits per heavy atom. The summed E-state index contributed by atoms with van der Waals surface area (Å²) in [7, 11) is 0. The van der Waals surface area contributed by atoms with E-state index in [-0.39, 0.29) is 18.2 Å². The summed E-state index contributed by atoms with van der Waals surface area (Å²) >= 11 is 0. The fourth-order valence-corrected chi connectivity index (χ4v) is 4.05. The first kappa shape index (κ1) is 21.9. The van der Waals surface area contributed by atoms with Crippen LogP contribution in [0, 0.1) is 0 Å². The highest BCUT2D eigenvalue weighted by molar-refractivity contribution is 5.79. The Hall–Kier alpha value is -3.30.